The van der Waals surface area contributed by atoms with E-state index >= 15 is 0 Å². The first kappa shape index (κ1) is 14.2. The molecule has 3 heteroatoms. The van der Waals surface area contributed by atoms with Gasteiger partial charge in [-0.3, -0.25) is 0 Å². The summed E-state index contributed by atoms with van der Waals surface area (Å²) in [5.74, 6) is 1.16. The number of piperidine rings is 1. The van der Waals surface area contributed by atoms with Crippen molar-refractivity contribution in [2.75, 3.05) is 23.3 Å². The lowest BCUT2D eigenvalue weighted by Gasteiger charge is -2.29. The van der Waals surface area contributed by atoms with Crippen LogP contribution in [0.15, 0.2) is 24.4 Å². The van der Waals surface area contributed by atoms with Gasteiger partial charge in [-0.25, -0.2) is 4.98 Å². The van der Waals surface area contributed by atoms with Gasteiger partial charge >= 0.3 is 0 Å². The lowest BCUT2D eigenvalue weighted by atomic mass is 10.0. The molecule has 1 aromatic heterocycles. The highest BCUT2D eigenvalue weighted by Crippen LogP contribution is 2.33. The Hall–Kier alpha value is -1.77. The Balaban J connectivity index is 2.12. The summed E-state index contributed by atoms with van der Waals surface area (Å²) in [5.41, 5.74) is 2.47. The number of fused-ring (bicyclic) bond motifs is 1. The maximum Gasteiger partial charge on any atom is 0.136 e. The van der Waals surface area contributed by atoms with Crippen LogP contribution in [-0.2, 0) is 0 Å². The van der Waals surface area contributed by atoms with Crippen LogP contribution in [0.25, 0.3) is 10.8 Å². The van der Waals surface area contributed by atoms with Gasteiger partial charge in [0.2, 0.25) is 0 Å². The van der Waals surface area contributed by atoms with Crippen LogP contribution in [0.4, 0.5) is 11.5 Å². The van der Waals surface area contributed by atoms with E-state index in [1.807, 2.05) is 6.20 Å². The molecule has 0 radical (unpaired) electrons. The number of hydrogen-bond donors (Lipinski definition) is 1. The minimum atomic E-state index is 0.432. The molecule has 2 aromatic rings. The predicted molar refractivity (Wildman–Crippen MR) is 91.3 cm³/mol. The Kier molecular flexibility index (Phi) is 4.00. The molecule has 2 heterocycles. The Morgan fingerprint density at radius 1 is 1.14 bits per heavy atom. The van der Waals surface area contributed by atoms with Crippen molar-refractivity contribution in [1.29, 1.82) is 0 Å². The van der Waals surface area contributed by atoms with E-state index < -0.39 is 0 Å². The molecule has 1 saturated heterocycles. The number of benzene rings is 1. The molecule has 1 fully saturated rings. The second kappa shape index (κ2) is 5.92. The lowest BCUT2D eigenvalue weighted by molar-refractivity contribution is 0.575. The van der Waals surface area contributed by atoms with Gasteiger partial charge in [0.25, 0.3) is 0 Å². The minimum absolute atomic E-state index is 0.432. The number of nitrogens with one attached hydrogen (secondary N) is 1. The first-order valence-electron chi connectivity index (χ1n) is 8.06. The largest absolute Gasteiger partial charge is 0.382 e. The number of hydrogen-bond acceptors (Lipinski definition) is 3. The summed E-state index contributed by atoms with van der Waals surface area (Å²) < 4.78 is 0. The zero-order valence-electron chi connectivity index (χ0n) is 13.3. The van der Waals surface area contributed by atoms with E-state index in [1.54, 1.807) is 0 Å². The fraction of sp³-hybridized carbons (Fsp3) is 0.500. The molecule has 0 unspecified atom stereocenters. The molecule has 0 aliphatic carbocycles. The van der Waals surface area contributed by atoms with Gasteiger partial charge in [0, 0.05) is 41.8 Å². The van der Waals surface area contributed by atoms with Crippen molar-refractivity contribution in [2.24, 2.45) is 0 Å². The molecule has 3 rings (SSSR count). The maximum absolute atomic E-state index is 4.75. The molecular formula is C18H25N3. The second-order valence-electron chi connectivity index (χ2n) is 6.34. The van der Waals surface area contributed by atoms with Gasteiger partial charge in [0.15, 0.2) is 0 Å². The van der Waals surface area contributed by atoms with Crippen molar-refractivity contribution in [3.05, 3.63) is 30.0 Å². The van der Waals surface area contributed by atoms with Crippen LogP contribution < -0.4 is 10.2 Å². The van der Waals surface area contributed by atoms with Crippen molar-refractivity contribution in [3.8, 4) is 0 Å². The molecule has 0 bridgehead atoms. The SMILES string of the molecule is Cc1cnc(N2CCCCC2)c2cccc(NC(C)C)c12. The van der Waals surface area contributed by atoms with Gasteiger partial charge in [-0.2, -0.15) is 0 Å². The molecule has 0 amide bonds. The monoisotopic (exact) mass is 283 g/mol. The fourth-order valence-corrected chi connectivity index (χ4v) is 3.24. The second-order valence-corrected chi connectivity index (χ2v) is 6.34. The normalized spacial score (nSPS) is 15.7. The van der Waals surface area contributed by atoms with Gasteiger partial charge in [-0.15, -0.1) is 0 Å². The van der Waals surface area contributed by atoms with Gasteiger partial charge in [-0.05, 0) is 51.7 Å². The number of aryl methyl sites for hydroxylation is 1. The van der Waals surface area contributed by atoms with Gasteiger partial charge in [0.1, 0.15) is 5.82 Å². The summed E-state index contributed by atoms with van der Waals surface area (Å²) in [6.07, 6.45) is 5.93. The molecular weight excluding hydrogens is 258 g/mol. The topological polar surface area (TPSA) is 28.2 Å². The van der Waals surface area contributed by atoms with Crippen LogP contribution in [0, 0.1) is 6.92 Å². The third kappa shape index (κ3) is 2.82. The highest BCUT2D eigenvalue weighted by Gasteiger charge is 2.17. The van der Waals surface area contributed by atoms with Crippen molar-refractivity contribution in [1.82, 2.24) is 4.98 Å². The molecule has 0 spiro atoms. The van der Waals surface area contributed by atoms with E-state index in [2.05, 4.69) is 49.2 Å². The Morgan fingerprint density at radius 2 is 1.90 bits per heavy atom. The van der Waals surface area contributed by atoms with E-state index in [-0.39, 0.29) is 0 Å². The van der Waals surface area contributed by atoms with Crippen LogP contribution in [0.2, 0.25) is 0 Å². The molecule has 1 aromatic carbocycles. The smallest absolute Gasteiger partial charge is 0.136 e. The van der Waals surface area contributed by atoms with Crippen molar-refractivity contribution in [3.63, 3.8) is 0 Å². The average Bonchev–Trinajstić information content (AvgIpc) is 2.48. The molecule has 0 atom stereocenters. The maximum atomic E-state index is 4.75. The van der Waals surface area contributed by atoms with Crippen LogP contribution in [0.1, 0.15) is 38.7 Å². The number of aromatic nitrogens is 1. The summed E-state index contributed by atoms with van der Waals surface area (Å²) >= 11 is 0. The number of rotatable bonds is 3. The molecule has 112 valence electrons. The van der Waals surface area contributed by atoms with E-state index in [0.717, 1.165) is 18.9 Å². The summed E-state index contributed by atoms with van der Waals surface area (Å²) in [5, 5.41) is 6.17. The van der Waals surface area contributed by atoms with Gasteiger partial charge in [0.05, 0.1) is 0 Å². The van der Waals surface area contributed by atoms with Crippen LogP contribution in [-0.4, -0.2) is 24.1 Å². The lowest BCUT2D eigenvalue weighted by Crippen LogP contribution is -2.30. The first-order valence-corrected chi connectivity index (χ1v) is 8.06. The number of pyridine rings is 1. The standard InChI is InChI=1S/C18H25N3/c1-13(2)20-16-9-7-8-15-17(16)14(3)12-19-18(15)21-10-5-4-6-11-21/h7-9,12-13,20H,4-6,10-11H2,1-3H3. The average molecular weight is 283 g/mol. The first-order chi connectivity index (χ1) is 10.2. The van der Waals surface area contributed by atoms with E-state index in [9.17, 15) is 0 Å². The molecule has 3 nitrogen and oxygen atoms in total. The van der Waals surface area contributed by atoms with Crippen LogP contribution in [0.3, 0.4) is 0 Å². The van der Waals surface area contributed by atoms with Gasteiger partial charge < -0.3 is 10.2 Å². The Labute approximate surface area is 127 Å². The number of anilines is 2. The zero-order valence-corrected chi connectivity index (χ0v) is 13.3. The highest BCUT2D eigenvalue weighted by molar-refractivity contribution is 6.02. The van der Waals surface area contributed by atoms with Gasteiger partial charge in [-0.1, -0.05) is 12.1 Å². The summed E-state index contributed by atoms with van der Waals surface area (Å²) in [6, 6.07) is 6.96. The minimum Gasteiger partial charge on any atom is -0.382 e. The molecule has 21 heavy (non-hydrogen) atoms. The molecule has 1 aliphatic rings. The molecule has 1 aliphatic heterocycles. The highest BCUT2D eigenvalue weighted by atomic mass is 15.2. The number of nitrogens with zero attached hydrogens (tertiary/aromatic N) is 2. The fourth-order valence-electron chi connectivity index (χ4n) is 3.24. The van der Waals surface area contributed by atoms with Crippen molar-refractivity contribution < 1.29 is 0 Å². The Bertz CT molecular complexity index is 628. The van der Waals surface area contributed by atoms with Crippen LogP contribution in [0.5, 0.6) is 0 Å². The zero-order chi connectivity index (χ0) is 14.8. The Morgan fingerprint density at radius 3 is 2.62 bits per heavy atom. The quantitative estimate of drug-likeness (QED) is 0.907. The van der Waals surface area contributed by atoms with E-state index in [1.165, 1.54) is 41.3 Å². The third-order valence-corrected chi connectivity index (χ3v) is 4.18. The van der Waals surface area contributed by atoms with E-state index in [4.69, 9.17) is 4.98 Å². The van der Waals surface area contributed by atoms with Crippen molar-refractivity contribution >= 4 is 22.3 Å². The van der Waals surface area contributed by atoms with E-state index in [0.29, 0.717) is 6.04 Å². The third-order valence-electron chi connectivity index (χ3n) is 4.18. The van der Waals surface area contributed by atoms with Crippen LogP contribution >= 0.6 is 0 Å². The van der Waals surface area contributed by atoms with Crippen molar-refractivity contribution in [2.45, 2.75) is 46.1 Å². The summed E-state index contributed by atoms with van der Waals surface area (Å²) in [7, 11) is 0. The summed E-state index contributed by atoms with van der Waals surface area (Å²) in [4.78, 5) is 7.20. The summed E-state index contributed by atoms with van der Waals surface area (Å²) in [6.45, 7) is 8.78. The molecule has 1 N–H and O–H groups in total. The predicted octanol–water partition coefficient (Wildman–Crippen LogP) is 4.35. The molecule has 0 saturated carbocycles.